The van der Waals surface area contributed by atoms with Gasteiger partial charge in [0.25, 0.3) is 0 Å². The summed E-state index contributed by atoms with van der Waals surface area (Å²) < 4.78 is 30.0. The molecule has 4 rings (SSSR count). The van der Waals surface area contributed by atoms with Crippen LogP contribution in [0, 0.1) is 18.6 Å². The Hall–Kier alpha value is -3.48. The summed E-state index contributed by atoms with van der Waals surface area (Å²) in [6.45, 7) is 2.34. The van der Waals surface area contributed by atoms with E-state index in [1.165, 1.54) is 17.0 Å². The number of anilines is 1. The number of nitrogens with zero attached hydrogens (tertiary/aromatic N) is 3. The van der Waals surface area contributed by atoms with Crippen molar-refractivity contribution in [3.8, 4) is 0 Å². The lowest BCUT2D eigenvalue weighted by Gasteiger charge is -2.05. The first-order valence-electron chi connectivity index (χ1n) is 9.21. The highest BCUT2D eigenvalue weighted by atomic mass is 19.2. The fourth-order valence-electron chi connectivity index (χ4n) is 3.46. The maximum atomic E-state index is 13.3. The molecule has 5 nitrogen and oxygen atoms in total. The number of benzene rings is 2. The van der Waals surface area contributed by atoms with Gasteiger partial charge in [-0.1, -0.05) is 18.2 Å². The van der Waals surface area contributed by atoms with Crippen LogP contribution in [0.3, 0.4) is 0 Å². The minimum atomic E-state index is -0.895. The van der Waals surface area contributed by atoms with Crippen molar-refractivity contribution in [2.75, 3.05) is 5.32 Å². The predicted molar refractivity (Wildman–Crippen MR) is 108 cm³/mol. The first-order valence-corrected chi connectivity index (χ1v) is 9.21. The van der Waals surface area contributed by atoms with E-state index in [0.717, 1.165) is 23.2 Å². The summed E-state index contributed by atoms with van der Waals surface area (Å²) in [6, 6.07) is 11.4. The quantitative estimate of drug-likeness (QED) is 0.552. The molecule has 2 aromatic carbocycles. The molecule has 1 amide bonds. The Morgan fingerprint density at radius 2 is 1.86 bits per heavy atom. The topological polar surface area (TPSA) is 51.9 Å². The molecule has 148 valence electrons. The van der Waals surface area contributed by atoms with E-state index >= 15 is 0 Å². The highest BCUT2D eigenvalue weighted by Gasteiger charge is 2.10. The van der Waals surface area contributed by atoms with E-state index < -0.39 is 11.6 Å². The van der Waals surface area contributed by atoms with Crippen molar-refractivity contribution >= 4 is 22.6 Å². The molecule has 0 atom stereocenters. The van der Waals surface area contributed by atoms with Gasteiger partial charge < -0.3 is 9.88 Å². The van der Waals surface area contributed by atoms with Crippen LogP contribution in [0.25, 0.3) is 10.9 Å². The second kappa shape index (κ2) is 7.50. The van der Waals surface area contributed by atoms with Gasteiger partial charge in [0.05, 0.1) is 13.0 Å². The Balaban J connectivity index is 1.41. The van der Waals surface area contributed by atoms with Crippen LogP contribution in [-0.2, 0) is 24.8 Å². The summed E-state index contributed by atoms with van der Waals surface area (Å²) in [6.07, 6.45) is 3.97. The summed E-state index contributed by atoms with van der Waals surface area (Å²) in [5.74, 6) is -1.54. The molecule has 0 saturated heterocycles. The maximum absolute atomic E-state index is 13.3. The van der Waals surface area contributed by atoms with Gasteiger partial charge in [-0.05, 0) is 41.8 Å². The molecular weight excluding hydrogens is 374 g/mol. The Bertz CT molecular complexity index is 1210. The van der Waals surface area contributed by atoms with E-state index in [2.05, 4.69) is 23.5 Å². The number of amides is 1. The molecule has 0 aliphatic heterocycles. The van der Waals surface area contributed by atoms with Crippen molar-refractivity contribution in [1.29, 1.82) is 0 Å². The summed E-state index contributed by atoms with van der Waals surface area (Å²) in [7, 11) is 1.98. The van der Waals surface area contributed by atoms with E-state index in [-0.39, 0.29) is 18.9 Å². The molecular formula is C22H20F2N4O. The fraction of sp³-hybridized carbons (Fsp3) is 0.182. The van der Waals surface area contributed by atoms with Gasteiger partial charge in [-0.2, -0.15) is 5.10 Å². The van der Waals surface area contributed by atoms with E-state index in [4.69, 9.17) is 0 Å². The smallest absolute Gasteiger partial charge is 0.229 e. The summed E-state index contributed by atoms with van der Waals surface area (Å²) in [4.78, 5) is 12.4. The average Bonchev–Trinajstić information content (AvgIpc) is 3.22. The molecule has 1 N–H and O–H groups in total. The summed E-state index contributed by atoms with van der Waals surface area (Å²) in [5, 5.41) is 8.22. The molecule has 0 aliphatic rings. The van der Waals surface area contributed by atoms with Gasteiger partial charge in [0, 0.05) is 36.4 Å². The van der Waals surface area contributed by atoms with E-state index in [1.54, 1.807) is 16.9 Å². The number of halogens is 2. The zero-order valence-corrected chi connectivity index (χ0v) is 16.1. The van der Waals surface area contributed by atoms with Gasteiger partial charge in [-0.15, -0.1) is 0 Å². The number of carbonyl (C=O) groups excluding carboxylic acids is 1. The van der Waals surface area contributed by atoms with E-state index in [9.17, 15) is 13.6 Å². The number of rotatable bonds is 5. The van der Waals surface area contributed by atoms with Crippen molar-refractivity contribution in [1.82, 2.24) is 14.3 Å². The normalized spacial score (nSPS) is 11.2. The van der Waals surface area contributed by atoms with Crippen LogP contribution in [0.5, 0.6) is 0 Å². The molecule has 0 saturated carbocycles. The van der Waals surface area contributed by atoms with Gasteiger partial charge in [-0.25, -0.2) is 8.78 Å². The molecule has 29 heavy (non-hydrogen) atoms. The molecule has 0 radical (unpaired) electrons. The Morgan fingerprint density at radius 1 is 1.07 bits per heavy atom. The van der Waals surface area contributed by atoms with Gasteiger partial charge in [-0.3, -0.25) is 9.48 Å². The third kappa shape index (κ3) is 4.03. The third-order valence-corrected chi connectivity index (χ3v) is 4.86. The highest BCUT2D eigenvalue weighted by molar-refractivity contribution is 5.92. The zero-order chi connectivity index (χ0) is 20.5. The lowest BCUT2D eigenvalue weighted by atomic mass is 10.1. The number of aryl methyl sites for hydroxylation is 2. The van der Waals surface area contributed by atoms with Gasteiger partial charge in [0.15, 0.2) is 17.5 Å². The van der Waals surface area contributed by atoms with Crippen LogP contribution >= 0.6 is 0 Å². The number of carbonyl (C=O) groups is 1. The van der Waals surface area contributed by atoms with E-state index in [1.807, 2.05) is 29.8 Å². The van der Waals surface area contributed by atoms with Crippen LogP contribution in [0.15, 0.2) is 54.9 Å². The Kier molecular flexibility index (Phi) is 4.88. The molecule has 0 unspecified atom stereocenters. The van der Waals surface area contributed by atoms with Crippen LogP contribution in [0.1, 0.15) is 16.7 Å². The standard InChI is InChI=1S/C22H20F2N4O/c1-14-12-27(2)20-10-15(3-5-17(14)20)11-22(29)25-21-7-8-28(26-21)13-16-4-6-18(23)19(24)9-16/h3-10,12H,11,13H2,1-2H3,(H,25,26,29). The lowest BCUT2D eigenvalue weighted by Crippen LogP contribution is -2.15. The molecule has 0 aliphatic carbocycles. The molecule has 0 bridgehead atoms. The molecule has 4 aromatic rings. The van der Waals surface area contributed by atoms with Crippen LogP contribution in [-0.4, -0.2) is 20.3 Å². The first-order chi connectivity index (χ1) is 13.9. The first kappa shape index (κ1) is 18.9. The number of aromatic nitrogens is 3. The number of hydrogen-bond acceptors (Lipinski definition) is 2. The SMILES string of the molecule is Cc1cn(C)c2cc(CC(=O)Nc3ccn(Cc4ccc(F)c(F)c4)n3)ccc12. The monoisotopic (exact) mass is 394 g/mol. The number of hydrogen-bond donors (Lipinski definition) is 1. The Labute approximate surface area is 166 Å². The minimum absolute atomic E-state index is 0.173. The lowest BCUT2D eigenvalue weighted by molar-refractivity contribution is -0.115. The molecule has 2 heterocycles. The molecule has 0 fully saturated rings. The predicted octanol–water partition coefficient (Wildman–Crippen LogP) is 4.19. The molecule has 7 heteroatoms. The minimum Gasteiger partial charge on any atom is -0.350 e. The van der Waals surface area contributed by atoms with Crippen LogP contribution in [0.4, 0.5) is 14.6 Å². The van der Waals surface area contributed by atoms with Gasteiger partial charge >= 0.3 is 0 Å². The van der Waals surface area contributed by atoms with Crippen molar-refractivity contribution in [2.45, 2.75) is 19.9 Å². The number of fused-ring (bicyclic) bond motifs is 1. The highest BCUT2D eigenvalue weighted by Crippen LogP contribution is 2.21. The summed E-state index contributed by atoms with van der Waals surface area (Å²) >= 11 is 0. The largest absolute Gasteiger partial charge is 0.350 e. The average molecular weight is 394 g/mol. The third-order valence-electron chi connectivity index (χ3n) is 4.86. The van der Waals surface area contributed by atoms with Crippen molar-refractivity contribution in [3.63, 3.8) is 0 Å². The van der Waals surface area contributed by atoms with Crippen molar-refractivity contribution in [3.05, 3.63) is 83.2 Å². The molecule has 0 spiro atoms. The molecule has 2 aromatic heterocycles. The summed E-state index contributed by atoms with van der Waals surface area (Å²) in [5.41, 5.74) is 3.78. The van der Waals surface area contributed by atoms with Crippen LogP contribution < -0.4 is 5.32 Å². The van der Waals surface area contributed by atoms with Gasteiger partial charge in [0.2, 0.25) is 5.91 Å². The number of nitrogens with one attached hydrogen (secondary N) is 1. The van der Waals surface area contributed by atoms with Crippen molar-refractivity contribution < 1.29 is 13.6 Å². The second-order valence-corrected chi connectivity index (χ2v) is 7.15. The van der Waals surface area contributed by atoms with Crippen molar-refractivity contribution in [2.24, 2.45) is 7.05 Å². The van der Waals surface area contributed by atoms with E-state index in [0.29, 0.717) is 11.4 Å². The van der Waals surface area contributed by atoms with Gasteiger partial charge in [0.1, 0.15) is 0 Å². The zero-order valence-electron chi connectivity index (χ0n) is 16.1. The van der Waals surface area contributed by atoms with Crippen LogP contribution in [0.2, 0.25) is 0 Å². The fourth-order valence-corrected chi connectivity index (χ4v) is 3.46. The maximum Gasteiger partial charge on any atom is 0.229 e. The second-order valence-electron chi connectivity index (χ2n) is 7.15. The Morgan fingerprint density at radius 3 is 2.66 bits per heavy atom.